The Balaban J connectivity index is 2.36. The first-order chi connectivity index (χ1) is 6.77. The Bertz CT molecular complexity index is 434. The molecule has 0 bridgehead atoms. The fourth-order valence-electron chi connectivity index (χ4n) is 1.18. The third-order valence-electron chi connectivity index (χ3n) is 1.88. The molecule has 0 atom stereocenters. The highest BCUT2D eigenvalue weighted by molar-refractivity contribution is 6.67. The number of aromatic nitrogens is 2. The number of hydrogen-bond donors (Lipinski definition) is 1. The van der Waals surface area contributed by atoms with Crippen molar-refractivity contribution in [2.45, 2.75) is 0 Å². The van der Waals surface area contributed by atoms with E-state index in [1.54, 1.807) is 36.7 Å². The third-order valence-corrected chi connectivity index (χ3v) is 2.10. The molecule has 1 aromatic heterocycles. The van der Waals surface area contributed by atoms with Gasteiger partial charge >= 0.3 is 0 Å². The summed E-state index contributed by atoms with van der Waals surface area (Å²) in [6.07, 6.45) is 3.42. The molecule has 2 aromatic rings. The zero-order chi connectivity index (χ0) is 9.97. The lowest BCUT2D eigenvalue weighted by Gasteiger charge is -1.97. The number of halogens is 1. The summed E-state index contributed by atoms with van der Waals surface area (Å²) in [5, 5.41) is -0.448. The molecule has 0 amide bonds. The minimum atomic E-state index is -0.448. The van der Waals surface area contributed by atoms with Crippen LogP contribution >= 0.6 is 11.6 Å². The van der Waals surface area contributed by atoms with Crippen LogP contribution in [-0.2, 0) is 0 Å². The van der Waals surface area contributed by atoms with Gasteiger partial charge in [-0.05, 0) is 23.7 Å². The number of aromatic amines is 1. The zero-order valence-electron chi connectivity index (χ0n) is 7.20. The normalized spacial score (nSPS) is 10.1. The van der Waals surface area contributed by atoms with Gasteiger partial charge in [-0.2, -0.15) is 0 Å². The van der Waals surface area contributed by atoms with Gasteiger partial charge in [-0.1, -0.05) is 12.1 Å². The Morgan fingerprint density at radius 3 is 2.50 bits per heavy atom. The molecule has 0 saturated heterocycles. The number of nitrogens with zero attached hydrogens (tertiary/aromatic N) is 1. The number of hydrogen-bond acceptors (Lipinski definition) is 2. The quantitative estimate of drug-likeness (QED) is 0.768. The molecule has 3 nitrogen and oxygen atoms in total. The van der Waals surface area contributed by atoms with Crippen LogP contribution in [0.3, 0.4) is 0 Å². The predicted octanol–water partition coefficient (Wildman–Crippen LogP) is 2.46. The van der Waals surface area contributed by atoms with Crippen LogP contribution in [0.1, 0.15) is 10.4 Å². The van der Waals surface area contributed by atoms with Gasteiger partial charge in [0.2, 0.25) is 0 Å². The third kappa shape index (κ3) is 1.67. The molecule has 2 rings (SSSR count). The average molecular weight is 207 g/mol. The fourth-order valence-corrected chi connectivity index (χ4v) is 1.31. The second kappa shape index (κ2) is 3.64. The second-order valence-electron chi connectivity index (χ2n) is 2.79. The molecule has 0 aliphatic heterocycles. The largest absolute Gasteiger partial charge is 0.345 e. The molecular formula is C10H7ClN2O. The molecule has 0 unspecified atom stereocenters. The standard InChI is InChI=1S/C10H7ClN2O/c11-9(14)7-1-3-8(4-2-7)10-12-5-6-13-10/h1-6H,(H,12,13). The van der Waals surface area contributed by atoms with E-state index in [1.165, 1.54) is 0 Å². The monoisotopic (exact) mass is 206 g/mol. The van der Waals surface area contributed by atoms with Crippen molar-refractivity contribution >= 4 is 16.8 Å². The summed E-state index contributed by atoms with van der Waals surface area (Å²) < 4.78 is 0. The molecule has 0 aliphatic carbocycles. The van der Waals surface area contributed by atoms with Crippen molar-refractivity contribution in [3.8, 4) is 11.4 Å². The number of carbonyl (C=O) groups is 1. The van der Waals surface area contributed by atoms with E-state index in [0.717, 1.165) is 11.4 Å². The van der Waals surface area contributed by atoms with Gasteiger partial charge in [0.1, 0.15) is 5.82 Å². The maximum absolute atomic E-state index is 10.8. The van der Waals surface area contributed by atoms with E-state index in [1.807, 2.05) is 0 Å². The summed E-state index contributed by atoms with van der Waals surface area (Å²) in [6.45, 7) is 0. The van der Waals surface area contributed by atoms with E-state index in [0.29, 0.717) is 5.56 Å². The van der Waals surface area contributed by atoms with E-state index in [2.05, 4.69) is 9.97 Å². The molecule has 70 valence electrons. The Hall–Kier alpha value is -1.61. The molecular weight excluding hydrogens is 200 g/mol. The summed E-state index contributed by atoms with van der Waals surface area (Å²) in [6, 6.07) is 6.95. The first-order valence-electron chi connectivity index (χ1n) is 4.07. The van der Waals surface area contributed by atoms with E-state index >= 15 is 0 Å². The van der Waals surface area contributed by atoms with Crippen LogP contribution in [-0.4, -0.2) is 15.2 Å². The van der Waals surface area contributed by atoms with Crippen molar-refractivity contribution < 1.29 is 4.79 Å². The van der Waals surface area contributed by atoms with Crippen molar-refractivity contribution in [2.75, 3.05) is 0 Å². The van der Waals surface area contributed by atoms with Gasteiger partial charge < -0.3 is 4.98 Å². The fraction of sp³-hybridized carbons (Fsp3) is 0. The molecule has 0 spiro atoms. The number of imidazole rings is 1. The maximum atomic E-state index is 10.8. The Morgan fingerprint density at radius 1 is 1.29 bits per heavy atom. The van der Waals surface area contributed by atoms with Crippen LogP contribution in [0.5, 0.6) is 0 Å². The van der Waals surface area contributed by atoms with Crippen LogP contribution in [0, 0.1) is 0 Å². The molecule has 0 radical (unpaired) electrons. The summed E-state index contributed by atoms with van der Waals surface area (Å²) >= 11 is 5.32. The maximum Gasteiger partial charge on any atom is 0.252 e. The van der Waals surface area contributed by atoms with Crippen LogP contribution in [0.15, 0.2) is 36.7 Å². The van der Waals surface area contributed by atoms with E-state index in [-0.39, 0.29) is 0 Å². The number of H-pyrrole nitrogens is 1. The van der Waals surface area contributed by atoms with Crippen LogP contribution in [0.25, 0.3) is 11.4 Å². The topological polar surface area (TPSA) is 45.8 Å². The van der Waals surface area contributed by atoms with Gasteiger partial charge in [-0.3, -0.25) is 4.79 Å². The Labute approximate surface area is 85.7 Å². The van der Waals surface area contributed by atoms with Gasteiger partial charge in [0.05, 0.1) is 0 Å². The van der Waals surface area contributed by atoms with Crippen LogP contribution < -0.4 is 0 Å². The number of carbonyl (C=O) groups excluding carboxylic acids is 1. The van der Waals surface area contributed by atoms with Gasteiger partial charge in [0, 0.05) is 23.5 Å². The molecule has 0 saturated carbocycles. The lowest BCUT2D eigenvalue weighted by Crippen LogP contribution is -1.88. The summed E-state index contributed by atoms with van der Waals surface area (Å²) in [7, 11) is 0. The Kier molecular flexibility index (Phi) is 2.33. The summed E-state index contributed by atoms with van der Waals surface area (Å²) in [5.74, 6) is 0.776. The highest BCUT2D eigenvalue weighted by Gasteiger charge is 2.02. The average Bonchev–Trinajstić information content (AvgIpc) is 2.71. The first-order valence-corrected chi connectivity index (χ1v) is 4.45. The van der Waals surface area contributed by atoms with E-state index in [4.69, 9.17) is 11.6 Å². The van der Waals surface area contributed by atoms with Crippen LogP contribution in [0.2, 0.25) is 0 Å². The smallest absolute Gasteiger partial charge is 0.252 e. The zero-order valence-corrected chi connectivity index (χ0v) is 7.95. The van der Waals surface area contributed by atoms with E-state index in [9.17, 15) is 4.79 Å². The number of benzene rings is 1. The van der Waals surface area contributed by atoms with Crippen molar-refractivity contribution in [3.05, 3.63) is 42.2 Å². The Morgan fingerprint density at radius 2 is 2.00 bits per heavy atom. The van der Waals surface area contributed by atoms with Gasteiger partial charge in [0.25, 0.3) is 5.24 Å². The van der Waals surface area contributed by atoms with Crippen molar-refractivity contribution in [3.63, 3.8) is 0 Å². The summed E-state index contributed by atoms with van der Waals surface area (Å²) in [5.41, 5.74) is 1.42. The summed E-state index contributed by atoms with van der Waals surface area (Å²) in [4.78, 5) is 17.8. The highest BCUT2D eigenvalue weighted by atomic mass is 35.5. The van der Waals surface area contributed by atoms with Crippen molar-refractivity contribution in [1.29, 1.82) is 0 Å². The minimum Gasteiger partial charge on any atom is -0.345 e. The van der Waals surface area contributed by atoms with E-state index < -0.39 is 5.24 Å². The van der Waals surface area contributed by atoms with Crippen molar-refractivity contribution in [1.82, 2.24) is 9.97 Å². The SMILES string of the molecule is O=C(Cl)c1ccc(-c2ncc[nH]2)cc1. The minimum absolute atomic E-state index is 0.448. The lowest BCUT2D eigenvalue weighted by atomic mass is 10.1. The lowest BCUT2D eigenvalue weighted by molar-refractivity contribution is 0.108. The molecule has 1 heterocycles. The first kappa shape index (κ1) is 8.97. The van der Waals surface area contributed by atoms with Gasteiger partial charge in [0.15, 0.2) is 0 Å². The predicted molar refractivity (Wildman–Crippen MR) is 54.2 cm³/mol. The van der Waals surface area contributed by atoms with Crippen LogP contribution in [0.4, 0.5) is 0 Å². The molecule has 0 aliphatic rings. The second-order valence-corrected chi connectivity index (χ2v) is 3.13. The molecule has 0 fully saturated rings. The molecule has 1 aromatic carbocycles. The molecule has 1 N–H and O–H groups in total. The molecule has 14 heavy (non-hydrogen) atoms. The van der Waals surface area contributed by atoms with Crippen molar-refractivity contribution in [2.24, 2.45) is 0 Å². The highest BCUT2D eigenvalue weighted by Crippen LogP contribution is 2.15. The molecule has 4 heteroatoms. The van der Waals surface area contributed by atoms with Gasteiger partial charge in [-0.15, -0.1) is 0 Å². The number of rotatable bonds is 2. The van der Waals surface area contributed by atoms with Gasteiger partial charge in [-0.25, -0.2) is 4.98 Å². The number of nitrogens with one attached hydrogen (secondary N) is 1.